The van der Waals surface area contributed by atoms with Gasteiger partial charge in [-0.2, -0.15) is 0 Å². The summed E-state index contributed by atoms with van der Waals surface area (Å²) in [6.07, 6.45) is 6.96. The molecule has 9 heavy (non-hydrogen) atoms. The highest BCUT2D eigenvalue weighted by atomic mass is 15.1. The third-order valence-electron chi connectivity index (χ3n) is 1.49. The van der Waals surface area contributed by atoms with Gasteiger partial charge in [0.25, 0.3) is 0 Å². The van der Waals surface area contributed by atoms with Gasteiger partial charge in [0.2, 0.25) is 0 Å². The van der Waals surface area contributed by atoms with Crippen molar-refractivity contribution in [3.8, 4) is 0 Å². The number of nitrogens with zero attached hydrogens (tertiary/aromatic N) is 1. The molecule has 2 nitrogen and oxygen atoms in total. The standard InChI is InChI=1S/C7H12N2/c8-4-7-9-5-2-1-3-6-9/h1-2,4,8H,3,5-7H2. The summed E-state index contributed by atoms with van der Waals surface area (Å²) in [5.74, 6) is 0. The van der Waals surface area contributed by atoms with E-state index in [1.165, 1.54) is 6.21 Å². The highest BCUT2D eigenvalue weighted by Crippen LogP contribution is 1.98. The fraction of sp³-hybridized carbons (Fsp3) is 0.571. The Labute approximate surface area is 55.7 Å². The summed E-state index contributed by atoms with van der Waals surface area (Å²) in [4.78, 5) is 2.24. The number of hydrogen-bond acceptors (Lipinski definition) is 2. The summed E-state index contributed by atoms with van der Waals surface area (Å²) < 4.78 is 0. The zero-order valence-corrected chi connectivity index (χ0v) is 5.51. The van der Waals surface area contributed by atoms with Gasteiger partial charge in [-0.1, -0.05) is 12.2 Å². The lowest BCUT2D eigenvalue weighted by Gasteiger charge is -2.20. The van der Waals surface area contributed by atoms with Crippen LogP contribution in [0.15, 0.2) is 12.2 Å². The van der Waals surface area contributed by atoms with Crippen molar-refractivity contribution in [3.63, 3.8) is 0 Å². The van der Waals surface area contributed by atoms with Crippen LogP contribution in [0.3, 0.4) is 0 Å². The molecule has 2 heteroatoms. The molecule has 0 aliphatic carbocycles. The van der Waals surface area contributed by atoms with E-state index < -0.39 is 0 Å². The molecule has 0 bridgehead atoms. The average molecular weight is 124 g/mol. The number of nitrogens with one attached hydrogen (secondary N) is 1. The van der Waals surface area contributed by atoms with Crippen molar-refractivity contribution in [1.82, 2.24) is 4.90 Å². The van der Waals surface area contributed by atoms with Crippen LogP contribution in [0.2, 0.25) is 0 Å². The van der Waals surface area contributed by atoms with Crippen LogP contribution in [0.25, 0.3) is 0 Å². The molecule has 0 amide bonds. The minimum atomic E-state index is 0.810. The Balaban J connectivity index is 2.26. The van der Waals surface area contributed by atoms with Crippen LogP contribution >= 0.6 is 0 Å². The Hall–Kier alpha value is -0.630. The molecule has 0 fully saturated rings. The molecular weight excluding hydrogens is 112 g/mol. The fourth-order valence-corrected chi connectivity index (χ4v) is 0.985. The largest absolute Gasteiger partial charge is 0.312 e. The quantitative estimate of drug-likeness (QED) is 0.429. The molecule has 0 saturated heterocycles. The van der Waals surface area contributed by atoms with E-state index in [0.717, 1.165) is 26.1 Å². The SMILES string of the molecule is N=CCN1CC=CCC1. The van der Waals surface area contributed by atoms with Crippen LogP contribution in [0.1, 0.15) is 6.42 Å². The Morgan fingerprint density at radius 1 is 1.56 bits per heavy atom. The normalized spacial score (nSPS) is 20.0. The van der Waals surface area contributed by atoms with Crippen molar-refractivity contribution in [2.45, 2.75) is 6.42 Å². The smallest absolute Gasteiger partial charge is 0.0333 e. The van der Waals surface area contributed by atoms with Gasteiger partial charge in [-0.15, -0.1) is 0 Å². The van der Waals surface area contributed by atoms with E-state index in [9.17, 15) is 0 Å². The molecule has 1 aliphatic heterocycles. The van der Waals surface area contributed by atoms with Crippen LogP contribution in [0.4, 0.5) is 0 Å². The number of rotatable bonds is 2. The second kappa shape index (κ2) is 3.41. The predicted molar refractivity (Wildman–Crippen MR) is 39.0 cm³/mol. The minimum Gasteiger partial charge on any atom is -0.312 e. The third kappa shape index (κ3) is 1.98. The van der Waals surface area contributed by atoms with Gasteiger partial charge < -0.3 is 5.41 Å². The second-order valence-corrected chi connectivity index (χ2v) is 2.22. The van der Waals surface area contributed by atoms with Crippen molar-refractivity contribution >= 4 is 6.21 Å². The molecule has 0 atom stereocenters. The molecule has 0 aromatic heterocycles. The molecular formula is C7H12N2. The second-order valence-electron chi connectivity index (χ2n) is 2.22. The van der Waals surface area contributed by atoms with Gasteiger partial charge in [-0.3, -0.25) is 4.90 Å². The maximum absolute atomic E-state index is 6.85. The highest BCUT2D eigenvalue weighted by molar-refractivity contribution is 5.55. The first kappa shape index (κ1) is 6.49. The lowest BCUT2D eigenvalue weighted by molar-refractivity contribution is 0.342. The van der Waals surface area contributed by atoms with E-state index in [-0.39, 0.29) is 0 Å². The van der Waals surface area contributed by atoms with E-state index in [1.807, 2.05) is 0 Å². The minimum absolute atomic E-state index is 0.810. The van der Waals surface area contributed by atoms with Gasteiger partial charge in [0.15, 0.2) is 0 Å². The molecule has 1 N–H and O–H groups in total. The average Bonchev–Trinajstić information content (AvgIpc) is 1.91. The molecule has 1 rings (SSSR count). The summed E-state index contributed by atoms with van der Waals surface area (Å²) in [6, 6.07) is 0. The van der Waals surface area contributed by atoms with E-state index in [1.54, 1.807) is 0 Å². The van der Waals surface area contributed by atoms with Gasteiger partial charge in [0.05, 0.1) is 0 Å². The van der Waals surface area contributed by atoms with Crippen LogP contribution < -0.4 is 0 Å². The summed E-state index contributed by atoms with van der Waals surface area (Å²) in [7, 11) is 0. The van der Waals surface area contributed by atoms with Gasteiger partial charge in [0.1, 0.15) is 0 Å². The Kier molecular flexibility index (Phi) is 2.46. The summed E-state index contributed by atoms with van der Waals surface area (Å²) in [5.41, 5.74) is 0. The molecule has 1 heterocycles. The third-order valence-corrected chi connectivity index (χ3v) is 1.49. The molecule has 0 aromatic carbocycles. The van der Waals surface area contributed by atoms with E-state index in [4.69, 9.17) is 5.41 Å². The lowest BCUT2D eigenvalue weighted by Crippen LogP contribution is -2.28. The molecule has 1 aliphatic rings. The van der Waals surface area contributed by atoms with Crippen LogP contribution in [-0.4, -0.2) is 30.7 Å². The van der Waals surface area contributed by atoms with Gasteiger partial charge in [0, 0.05) is 25.8 Å². The van der Waals surface area contributed by atoms with Gasteiger partial charge in [-0.25, -0.2) is 0 Å². The lowest BCUT2D eigenvalue weighted by atomic mass is 10.2. The first-order chi connectivity index (χ1) is 4.43. The molecule has 0 saturated carbocycles. The van der Waals surface area contributed by atoms with Crippen LogP contribution in [-0.2, 0) is 0 Å². The Morgan fingerprint density at radius 3 is 3.00 bits per heavy atom. The topological polar surface area (TPSA) is 27.1 Å². The predicted octanol–water partition coefficient (Wildman–Crippen LogP) is 0.898. The maximum Gasteiger partial charge on any atom is 0.0333 e. The van der Waals surface area contributed by atoms with Crippen molar-refractivity contribution in [2.24, 2.45) is 0 Å². The summed E-state index contributed by atoms with van der Waals surface area (Å²) in [6.45, 7) is 2.95. The van der Waals surface area contributed by atoms with Crippen molar-refractivity contribution in [2.75, 3.05) is 19.6 Å². The molecule has 0 unspecified atom stereocenters. The van der Waals surface area contributed by atoms with Crippen molar-refractivity contribution in [1.29, 1.82) is 5.41 Å². The first-order valence-electron chi connectivity index (χ1n) is 3.30. The zero-order valence-electron chi connectivity index (χ0n) is 5.51. The fourth-order valence-electron chi connectivity index (χ4n) is 0.985. The van der Waals surface area contributed by atoms with Crippen LogP contribution in [0, 0.1) is 5.41 Å². The summed E-state index contributed by atoms with van der Waals surface area (Å²) in [5, 5.41) is 6.85. The van der Waals surface area contributed by atoms with Crippen LogP contribution in [0.5, 0.6) is 0 Å². The van der Waals surface area contributed by atoms with Crippen molar-refractivity contribution in [3.05, 3.63) is 12.2 Å². The van der Waals surface area contributed by atoms with Gasteiger partial charge in [-0.05, 0) is 6.42 Å². The van der Waals surface area contributed by atoms with Gasteiger partial charge >= 0.3 is 0 Å². The highest BCUT2D eigenvalue weighted by Gasteiger charge is 2.01. The molecule has 0 radical (unpaired) electrons. The number of hydrogen-bond donors (Lipinski definition) is 1. The van der Waals surface area contributed by atoms with Crippen molar-refractivity contribution < 1.29 is 0 Å². The first-order valence-corrected chi connectivity index (χ1v) is 3.30. The maximum atomic E-state index is 6.85. The molecule has 50 valence electrons. The van der Waals surface area contributed by atoms with E-state index >= 15 is 0 Å². The van der Waals surface area contributed by atoms with E-state index in [2.05, 4.69) is 17.1 Å². The molecule has 0 aromatic rings. The Morgan fingerprint density at radius 2 is 2.44 bits per heavy atom. The Bertz CT molecular complexity index is 118. The molecule has 0 spiro atoms. The summed E-state index contributed by atoms with van der Waals surface area (Å²) >= 11 is 0. The van der Waals surface area contributed by atoms with E-state index in [0.29, 0.717) is 0 Å². The zero-order chi connectivity index (χ0) is 6.53. The monoisotopic (exact) mass is 124 g/mol.